The second-order valence-corrected chi connectivity index (χ2v) is 9.09. The molecule has 0 spiro atoms. The molecule has 0 atom stereocenters. The number of anilines is 1. The summed E-state index contributed by atoms with van der Waals surface area (Å²) < 4.78 is 31.7. The lowest BCUT2D eigenvalue weighted by molar-refractivity contribution is 0.0730. The minimum atomic E-state index is -3.48. The third kappa shape index (κ3) is 5.14. The van der Waals surface area contributed by atoms with E-state index < -0.39 is 10.0 Å². The summed E-state index contributed by atoms with van der Waals surface area (Å²) in [5.74, 6) is 0.683. The Bertz CT molecular complexity index is 623. The number of nitrogens with one attached hydrogen (secondary N) is 1. The second-order valence-electron chi connectivity index (χ2n) is 7.15. The van der Waals surface area contributed by atoms with Gasteiger partial charge in [-0.1, -0.05) is 13.8 Å². The van der Waals surface area contributed by atoms with E-state index in [2.05, 4.69) is 29.0 Å². The molecular weight excluding hydrogens is 328 g/mol. The van der Waals surface area contributed by atoms with E-state index in [4.69, 9.17) is 4.74 Å². The fourth-order valence-electron chi connectivity index (χ4n) is 2.82. The third-order valence-electron chi connectivity index (χ3n) is 3.84. The highest BCUT2D eigenvalue weighted by Crippen LogP contribution is 2.19. The summed E-state index contributed by atoms with van der Waals surface area (Å²) in [7, 11) is 0.612. The van der Waals surface area contributed by atoms with Crippen LogP contribution < -0.4 is 5.32 Å². The molecule has 0 amide bonds. The van der Waals surface area contributed by atoms with Gasteiger partial charge in [0.15, 0.2) is 0 Å². The zero-order valence-corrected chi connectivity index (χ0v) is 15.8. The molecule has 7 nitrogen and oxygen atoms in total. The van der Waals surface area contributed by atoms with Gasteiger partial charge in [-0.15, -0.1) is 0 Å². The molecule has 1 aromatic rings. The summed E-state index contributed by atoms with van der Waals surface area (Å²) >= 11 is 0. The Labute approximate surface area is 145 Å². The van der Waals surface area contributed by atoms with Crippen molar-refractivity contribution in [3.63, 3.8) is 0 Å². The van der Waals surface area contributed by atoms with Crippen LogP contribution in [0, 0.1) is 5.41 Å². The van der Waals surface area contributed by atoms with Crippen LogP contribution in [-0.4, -0.2) is 76.1 Å². The summed E-state index contributed by atoms with van der Waals surface area (Å²) in [6, 6.07) is 3.33. The normalized spacial score (nSPS) is 17.2. The highest BCUT2D eigenvalue weighted by molar-refractivity contribution is 7.89. The molecular formula is C16H28N4O3S. The van der Waals surface area contributed by atoms with Crippen LogP contribution in [0.4, 0.5) is 5.82 Å². The molecule has 1 aliphatic rings. The van der Waals surface area contributed by atoms with Gasteiger partial charge >= 0.3 is 0 Å². The minimum absolute atomic E-state index is 0.0870. The van der Waals surface area contributed by atoms with Gasteiger partial charge in [-0.05, 0) is 31.6 Å². The van der Waals surface area contributed by atoms with E-state index in [1.807, 2.05) is 14.1 Å². The van der Waals surface area contributed by atoms with Crippen LogP contribution in [0.3, 0.4) is 0 Å². The topological polar surface area (TPSA) is 74.8 Å². The molecule has 136 valence electrons. The first-order chi connectivity index (χ1) is 11.2. The molecule has 0 saturated carbocycles. The molecule has 0 aromatic carbocycles. The number of hydrogen-bond donors (Lipinski definition) is 1. The van der Waals surface area contributed by atoms with E-state index in [9.17, 15) is 8.42 Å². The maximum atomic E-state index is 12.5. The van der Waals surface area contributed by atoms with Gasteiger partial charge in [0.2, 0.25) is 10.0 Å². The lowest BCUT2D eigenvalue weighted by Crippen LogP contribution is -2.40. The van der Waals surface area contributed by atoms with E-state index in [1.165, 1.54) is 10.5 Å². The molecule has 0 bridgehead atoms. The molecule has 0 aliphatic carbocycles. The van der Waals surface area contributed by atoms with Crippen LogP contribution in [0.15, 0.2) is 23.2 Å². The number of pyridine rings is 1. The van der Waals surface area contributed by atoms with Crippen molar-refractivity contribution < 1.29 is 13.2 Å². The highest BCUT2D eigenvalue weighted by Gasteiger charge is 2.26. The molecule has 0 radical (unpaired) electrons. The van der Waals surface area contributed by atoms with Crippen LogP contribution in [0.2, 0.25) is 0 Å². The monoisotopic (exact) mass is 356 g/mol. The number of ether oxygens (including phenoxy) is 1. The molecule has 2 heterocycles. The Morgan fingerprint density at radius 2 is 1.96 bits per heavy atom. The lowest BCUT2D eigenvalue weighted by Gasteiger charge is -2.28. The molecule has 24 heavy (non-hydrogen) atoms. The first-order valence-electron chi connectivity index (χ1n) is 8.13. The Kier molecular flexibility index (Phi) is 6.19. The molecule has 1 fully saturated rings. The first-order valence-corrected chi connectivity index (χ1v) is 9.57. The van der Waals surface area contributed by atoms with Crippen molar-refractivity contribution in [3.8, 4) is 0 Å². The van der Waals surface area contributed by atoms with Gasteiger partial charge in [-0.3, -0.25) is 0 Å². The number of nitrogens with zero attached hydrogens (tertiary/aromatic N) is 3. The fraction of sp³-hybridized carbons (Fsp3) is 0.688. The number of aromatic nitrogens is 1. The van der Waals surface area contributed by atoms with Gasteiger partial charge in [0.05, 0.1) is 13.2 Å². The maximum absolute atomic E-state index is 12.5. The number of rotatable bonds is 7. The summed E-state index contributed by atoms with van der Waals surface area (Å²) in [4.78, 5) is 6.63. The van der Waals surface area contributed by atoms with Crippen LogP contribution in [0.5, 0.6) is 0 Å². The molecule has 8 heteroatoms. The minimum Gasteiger partial charge on any atom is -0.379 e. The average Bonchev–Trinajstić information content (AvgIpc) is 2.53. The van der Waals surface area contributed by atoms with Gasteiger partial charge in [0.1, 0.15) is 10.7 Å². The molecule has 1 saturated heterocycles. The van der Waals surface area contributed by atoms with Gasteiger partial charge in [0.25, 0.3) is 0 Å². The number of hydrogen-bond acceptors (Lipinski definition) is 6. The van der Waals surface area contributed by atoms with Crippen molar-refractivity contribution >= 4 is 15.8 Å². The van der Waals surface area contributed by atoms with Crippen LogP contribution in [-0.2, 0) is 14.8 Å². The first kappa shape index (κ1) is 19.1. The van der Waals surface area contributed by atoms with Crippen molar-refractivity contribution in [2.45, 2.75) is 18.7 Å². The van der Waals surface area contributed by atoms with E-state index in [0.29, 0.717) is 32.1 Å². The number of morpholine rings is 1. The molecule has 1 aliphatic heterocycles. The van der Waals surface area contributed by atoms with E-state index in [1.54, 1.807) is 12.1 Å². The average molecular weight is 356 g/mol. The van der Waals surface area contributed by atoms with Gasteiger partial charge in [-0.2, -0.15) is 4.31 Å². The van der Waals surface area contributed by atoms with Gasteiger partial charge in [0, 0.05) is 32.4 Å². The van der Waals surface area contributed by atoms with Crippen LogP contribution in [0.1, 0.15) is 13.8 Å². The highest BCUT2D eigenvalue weighted by atomic mass is 32.2. The predicted molar refractivity (Wildman–Crippen MR) is 94.6 cm³/mol. The molecule has 1 N–H and O–H groups in total. The third-order valence-corrected chi connectivity index (χ3v) is 5.72. The lowest BCUT2D eigenvalue weighted by atomic mass is 9.93. The molecule has 0 unspecified atom stereocenters. The maximum Gasteiger partial charge on any atom is 0.244 e. The SMILES string of the molecule is CN(C)CC(C)(C)CNc1ccc(S(=O)(=O)N2CCOCC2)cn1. The van der Waals surface area contributed by atoms with Crippen molar-refractivity contribution in [1.82, 2.24) is 14.2 Å². The second kappa shape index (κ2) is 7.77. The standard InChI is InChI=1S/C16H28N4O3S/c1-16(2,13-19(3)4)12-18-15-6-5-14(11-17-15)24(21,22)20-7-9-23-10-8-20/h5-6,11H,7-10,12-13H2,1-4H3,(H,17,18). The Morgan fingerprint density at radius 3 is 2.50 bits per heavy atom. The largest absolute Gasteiger partial charge is 0.379 e. The smallest absolute Gasteiger partial charge is 0.244 e. The van der Waals surface area contributed by atoms with Crippen LogP contribution >= 0.6 is 0 Å². The predicted octanol–water partition coefficient (Wildman–Crippen LogP) is 1.10. The van der Waals surface area contributed by atoms with E-state index in [-0.39, 0.29) is 10.3 Å². The van der Waals surface area contributed by atoms with Crippen molar-refractivity contribution in [1.29, 1.82) is 0 Å². The van der Waals surface area contributed by atoms with Crippen molar-refractivity contribution in [2.75, 3.05) is 58.8 Å². The molecule has 1 aromatic heterocycles. The Balaban J connectivity index is 2.00. The van der Waals surface area contributed by atoms with E-state index in [0.717, 1.165) is 13.1 Å². The van der Waals surface area contributed by atoms with Gasteiger partial charge < -0.3 is 15.0 Å². The fourth-order valence-corrected chi connectivity index (χ4v) is 4.17. The molecule has 2 rings (SSSR count). The summed E-state index contributed by atoms with van der Waals surface area (Å²) in [6.07, 6.45) is 1.42. The summed E-state index contributed by atoms with van der Waals surface area (Å²) in [5.41, 5.74) is 0.0870. The van der Waals surface area contributed by atoms with Crippen molar-refractivity contribution in [3.05, 3.63) is 18.3 Å². The van der Waals surface area contributed by atoms with Gasteiger partial charge in [-0.25, -0.2) is 13.4 Å². The zero-order valence-electron chi connectivity index (χ0n) is 14.9. The number of sulfonamides is 1. The summed E-state index contributed by atoms with van der Waals surface area (Å²) in [5, 5.41) is 3.28. The summed E-state index contributed by atoms with van der Waals surface area (Å²) in [6.45, 7) is 7.72. The van der Waals surface area contributed by atoms with Crippen LogP contribution in [0.25, 0.3) is 0 Å². The Hall–Kier alpha value is -1.22. The quantitative estimate of drug-likeness (QED) is 0.789. The van der Waals surface area contributed by atoms with Crippen molar-refractivity contribution in [2.24, 2.45) is 5.41 Å². The Morgan fingerprint density at radius 1 is 1.29 bits per heavy atom. The zero-order chi connectivity index (χ0) is 17.8. The van der Waals surface area contributed by atoms with E-state index >= 15 is 0 Å².